The Bertz CT molecular complexity index is 672. The first-order valence-corrected chi connectivity index (χ1v) is 8.97. The Labute approximate surface area is 143 Å². The highest BCUT2D eigenvalue weighted by atomic mass is 15.1. The van der Waals surface area contributed by atoms with Crippen molar-refractivity contribution < 1.29 is 0 Å². The van der Waals surface area contributed by atoms with E-state index in [0.29, 0.717) is 6.04 Å². The van der Waals surface area contributed by atoms with Gasteiger partial charge in [-0.15, -0.1) is 0 Å². The zero-order chi connectivity index (χ0) is 16.4. The molecule has 126 valence electrons. The fourth-order valence-electron chi connectivity index (χ4n) is 3.11. The van der Waals surface area contributed by atoms with Crippen LogP contribution in [0.2, 0.25) is 0 Å². The van der Waals surface area contributed by atoms with Crippen LogP contribution in [-0.2, 0) is 0 Å². The number of aromatic nitrogens is 2. The molecule has 4 rings (SSSR count). The van der Waals surface area contributed by atoms with Gasteiger partial charge >= 0.3 is 0 Å². The summed E-state index contributed by atoms with van der Waals surface area (Å²) in [6.07, 6.45) is 6.67. The lowest BCUT2D eigenvalue weighted by Gasteiger charge is -2.32. The number of piperidine rings is 1. The summed E-state index contributed by atoms with van der Waals surface area (Å²) < 4.78 is 0. The first-order chi connectivity index (χ1) is 11.8. The van der Waals surface area contributed by atoms with Crippen LogP contribution in [0.4, 0.5) is 23.0 Å². The highest BCUT2D eigenvalue weighted by Crippen LogP contribution is 2.26. The summed E-state index contributed by atoms with van der Waals surface area (Å²) >= 11 is 0. The van der Waals surface area contributed by atoms with Crippen LogP contribution in [0.25, 0.3) is 0 Å². The fraction of sp³-hybridized carbons (Fsp3) is 0.474. The van der Waals surface area contributed by atoms with Crippen molar-refractivity contribution in [3.05, 3.63) is 36.7 Å². The zero-order valence-electron chi connectivity index (χ0n) is 14.2. The van der Waals surface area contributed by atoms with Gasteiger partial charge in [-0.25, -0.2) is 9.97 Å². The first kappa shape index (κ1) is 15.2. The van der Waals surface area contributed by atoms with Crippen LogP contribution < -0.4 is 15.5 Å². The Morgan fingerprint density at radius 1 is 0.958 bits per heavy atom. The third kappa shape index (κ3) is 3.78. The highest BCUT2D eigenvalue weighted by Gasteiger charge is 2.21. The average Bonchev–Trinajstić information content (AvgIpc) is 3.41. The van der Waals surface area contributed by atoms with Gasteiger partial charge in [-0.3, -0.25) is 0 Å². The lowest BCUT2D eigenvalue weighted by molar-refractivity contribution is 0.438. The summed E-state index contributed by atoms with van der Waals surface area (Å²) in [6.45, 7) is 4.67. The smallest absolute Gasteiger partial charge is 0.135 e. The summed E-state index contributed by atoms with van der Waals surface area (Å²) in [5.41, 5.74) is 2.37. The molecule has 5 heteroatoms. The molecule has 1 saturated heterocycles. The van der Waals surface area contributed by atoms with Gasteiger partial charge in [-0.1, -0.05) is 6.92 Å². The number of rotatable bonds is 5. The monoisotopic (exact) mass is 323 g/mol. The highest BCUT2D eigenvalue weighted by molar-refractivity contribution is 5.62. The van der Waals surface area contributed by atoms with Crippen molar-refractivity contribution in [3.8, 4) is 0 Å². The Morgan fingerprint density at radius 2 is 1.67 bits per heavy atom. The van der Waals surface area contributed by atoms with E-state index in [2.05, 4.69) is 56.7 Å². The van der Waals surface area contributed by atoms with Gasteiger partial charge in [0, 0.05) is 36.6 Å². The lowest BCUT2D eigenvalue weighted by atomic mass is 9.99. The minimum Gasteiger partial charge on any atom is -0.372 e. The molecular formula is C19H25N5. The van der Waals surface area contributed by atoms with E-state index in [-0.39, 0.29) is 0 Å². The Balaban J connectivity index is 1.39. The van der Waals surface area contributed by atoms with Gasteiger partial charge in [0.2, 0.25) is 0 Å². The van der Waals surface area contributed by atoms with Gasteiger partial charge in [-0.2, -0.15) is 0 Å². The second kappa shape index (κ2) is 6.67. The quantitative estimate of drug-likeness (QED) is 0.870. The normalized spacial score (nSPS) is 18.5. The second-order valence-electron chi connectivity index (χ2n) is 7.05. The van der Waals surface area contributed by atoms with Crippen LogP contribution in [0, 0.1) is 5.92 Å². The number of benzene rings is 1. The molecule has 2 aliphatic rings. The summed E-state index contributed by atoms with van der Waals surface area (Å²) in [4.78, 5) is 11.1. The van der Waals surface area contributed by atoms with Crippen LogP contribution in [0.5, 0.6) is 0 Å². The van der Waals surface area contributed by atoms with Gasteiger partial charge in [0.15, 0.2) is 0 Å². The van der Waals surface area contributed by atoms with Gasteiger partial charge < -0.3 is 15.5 Å². The summed E-state index contributed by atoms with van der Waals surface area (Å²) in [6, 6.07) is 11.2. The minimum atomic E-state index is 0.597. The summed E-state index contributed by atoms with van der Waals surface area (Å²) in [7, 11) is 0. The molecule has 2 N–H and O–H groups in total. The Hall–Kier alpha value is -2.30. The number of nitrogens with zero attached hydrogens (tertiary/aromatic N) is 3. The first-order valence-electron chi connectivity index (χ1n) is 8.97. The van der Waals surface area contributed by atoms with Gasteiger partial charge in [0.1, 0.15) is 18.0 Å². The third-order valence-corrected chi connectivity index (χ3v) is 4.88. The van der Waals surface area contributed by atoms with Gasteiger partial charge in [-0.05, 0) is 55.9 Å². The fourth-order valence-corrected chi connectivity index (χ4v) is 3.11. The molecule has 1 aromatic carbocycles. The summed E-state index contributed by atoms with van der Waals surface area (Å²) in [5.74, 6) is 2.58. The van der Waals surface area contributed by atoms with Crippen LogP contribution in [0.3, 0.4) is 0 Å². The van der Waals surface area contributed by atoms with Gasteiger partial charge in [0.05, 0.1) is 0 Å². The molecule has 0 atom stereocenters. The molecule has 0 radical (unpaired) electrons. The predicted molar refractivity (Wildman–Crippen MR) is 99.0 cm³/mol. The molecule has 0 bridgehead atoms. The maximum Gasteiger partial charge on any atom is 0.135 e. The minimum absolute atomic E-state index is 0.597. The molecule has 0 amide bonds. The second-order valence-corrected chi connectivity index (χ2v) is 7.05. The molecule has 1 aliphatic carbocycles. The molecular weight excluding hydrogens is 298 g/mol. The van der Waals surface area contributed by atoms with E-state index in [0.717, 1.165) is 36.3 Å². The molecule has 1 saturated carbocycles. The van der Waals surface area contributed by atoms with E-state index in [1.807, 2.05) is 6.07 Å². The average molecular weight is 323 g/mol. The van der Waals surface area contributed by atoms with Crippen molar-refractivity contribution in [3.63, 3.8) is 0 Å². The number of anilines is 4. The molecule has 0 unspecified atom stereocenters. The SMILES string of the molecule is CC1CCN(c2ccc(Nc3cc(NC4CC4)ncn3)cc2)CC1. The molecule has 1 aromatic heterocycles. The zero-order valence-corrected chi connectivity index (χ0v) is 14.2. The van der Waals surface area contributed by atoms with Crippen molar-refractivity contribution in [2.45, 2.75) is 38.6 Å². The standard InChI is InChI=1S/C19H25N5/c1-14-8-10-24(11-9-14)17-6-4-16(5-7-17)23-19-12-18(20-13-21-19)22-15-2-3-15/h4-7,12-15H,2-3,8-11H2,1H3,(H2,20,21,22,23). The molecule has 0 spiro atoms. The van der Waals surface area contributed by atoms with Crippen molar-refractivity contribution >= 4 is 23.0 Å². The molecule has 5 nitrogen and oxygen atoms in total. The largest absolute Gasteiger partial charge is 0.372 e. The topological polar surface area (TPSA) is 53.1 Å². The van der Waals surface area contributed by atoms with E-state index in [1.54, 1.807) is 6.33 Å². The van der Waals surface area contributed by atoms with Crippen molar-refractivity contribution in [2.75, 3.05) is 28.6 Å². The maximum absolute atomic E-state index is 4.31. The van der Waals surface area contributed by atoms with E-state index in [4.69, 9.17) is 0 Å². The molecule has 24 heavy (non-hydrogen) atoms. The maximum atomic E-state index is 4.31. The third-order valence-electron chi connectivity index (χ3n) is 4.88. The van der Waals surface area contributed by atoms with Crippen LogP contribution in [0.1, 0.15) is 32.6 Å². The van der Waals surface area contributed by atoms with E-state index in [9.17, 15) is 0 Å². The lowest BCUT2D eigenvalue weighted by Crippen LogP contribution is -2.32. The molecule has 2 aromatic rings. The van der Waals surface area contributed by atoms with Crippen molar-refractivity contribution in [1.29, 1.82) is 0 Å². The van der Waals surface area contributed by atoms with Crippen molar-refractivity contribution in [1.82, 2.24) is 9.97 Å². The Kier molecular flexibility index (Phi) is 4.24. The molecule has 2 fully saturated rings. The summed E-state index contributed by atoms with van der Waals surface area (Å²) in [5, 5.41) is 6.77. The number of hydrogen-bond acceptors (Lipinski definition) is 5. The van der Waals surface area contributed by atoms with Gasteiger partial charge in [0.25, 0.3) is 0 Å². The molecule has 2 heterocycles. The van der Waals surface area contributed by atoms with Crippen LogP contribution in [0.15, 0.2) is 36.7 Å². The number of hydrogen-bond donors (Lipinski definition) is 2. The van der Waals surface area contributed by atoms with Crippen LogP contribution >= 0.6 is 0 Å². The van der Waals surface area contributed by atoms with E-state index < -0.39 is 0 Å². The molecule has 1 aliphatic heterocycles. The van der Waals surface area contributed by atoms with E-state index in [1.165, 1.54) is 31.4 Å². The predicted octanol–water partition coefficient (Wildman–Crippen LogP) is 4.03. The van der Waals surface area contributed by atoms with Crippen molar-refractivity contribution in [2.24, 2.45) is 5.92 Å². The van der Waals surface area contributed by atoms with Crippen LogP contribution in [-0.4, -0.2) is 29.1 Å². The Morgan fingerprint density at radius 3 is 2.38 bits per heavy atom. The number of nitrogens with one attached hydrogen (secondary N) is 2. The van der Waals surface area contributed by atoms with E-state index >= 15 is 0 Å².